The molecule has 9 atom stereocenters. The lowest BCUT2D eigenvalue weighted by molar-refractivity contribution is -0.179. The Kier molecular flexibility index (Phi) is 8.03. The van der Waals surface area contributed by atoms with Gasteiger partial charge in [-0.05, 0) is 48.4 Å². The van der Waals surface area contributed by atoms with Gasteiger partial charge in [-0.25, -0.2) is 17.9 Å². The van der Waals surface area contributed by atoms with Crippen LogP contribution in [0.4, 0.5) is 13.2 Å². The minimum Gasteiger partial charge on any atom is -0.394 e. The van der Waals surface area contributed by atoms with Crippen LogP contribution >= 0.6 is 11.8 Å². The molecule has 40 heavy (non-hydrogen) atoms. The van der Waals surface area contributed by atoms with Crippen molar-refractivity contribution in [3.05, 3.63) is 71.2 Å². The van der Waals surface area contributed by atoms with Gasteiger partial charge in [-0.1, -0.05) is 43.3 Å². The Morgan fingerprint density at radius 2 is 1.80 bits per heavy atom. The van der Waals surface area contributed by atoms with Crippen molar-refractivity contribution in [2.75, 3.05) is 6.61 Å². The predicted octanol–water partition coefficient (Wildman–Crippen LogP) is 3.53. The van der Waals surface area contributed by atoms with E-state index in [2.05, 4.69) is 17.2 Å². The van der Waals surface area contributed by atoms with Gasteiger partial charge in [-0.2, -0.15) is 0 Å². The molecule has 3 aromatic rings. The molecule has 2 aromatic carbocycles. The fourth-order valence-electron chi connectivity index (χ4n) is 5.78. The Bertz CT molecular complexity index is 1360. The summed E-state index contributed by atoms with van der Waals surface area (Å²) in [7, 11) is 0. The number of ether oxygens (including phenoxy) is 1. The maximum absolute atomic E-state index is 13.8. The largest absolute Gasteiger partial charge is 0.394 e. The zero-order valence-corrected chi connectivity index (χ0v) is 23.0. The fraction of sp³-hybridized carbons (Fsp3) is 0.500. The van der Waals surface area contributed by atoms with E-state index in [4.69, 9.17) is 4.74 Å². The highest BCUT2D eigenvalue weighted by Gasteiger charge is 2.56. The van der Waals surface area contributed by atoms with Gasteiger partial charge in [-0.15, -0.1) is 16.9 Å². The first-order valence-electron chi connectivity index (χ1n) is 13.1. The molecule has 2 unspecified atom stereocenters. The third-order valence-electron chi connectivity index (χ3n) is 8.43. The molecule has 1 saturated heterocycles. The Hall–Kier alpha value is -2.48. The summed E-state index contributed by atoms with van der Waals surface area (Å²) in [5, 5.41) is 51.6. The second-order valence-electron chi connectivity index (χ2n) is 10.9. The molecule has 4 N–H and O–H groups in total. The van der Waals surface area contributed by atoms with Crippen molar-refractivity contribution in [1.29, 1.82) is 0 Å². The van der Waals surface area contributed by atoms with E-state index in [1.807, 2.05) is 38.1 Å². The van der Waals surface area contributed by atoms with Gasteiger partial charge in [0, 0.05) is 5.56 Å². The minimum atomic E-state index is -1.61. The third kappa shape index (κ3) is 4.94. The van der Waals surface area contributed by atoms with Crippen LogP contribution in [-0.2, 0) is 4.74 Å². The van der Waals surface area contributed by atoms with Gasteiger partial charge in [0.15, 0.2) is 17.5 Å². The maximum atomic E-state index is 13.8. The van der Waals surface area contributed by atoms with Gasteiger partial charge in [0.25, 0.3) is 0 Å². The molecule has 0 amide bonds. The monoisotopic (exact) mass is 579 g/mol. The van der Waals surface area contributed by atoms with Crippen LogP contribution in [0.2, 0.25) is 0 Å². The van der Waals surface area contributed by atoms with Crippen molar-refractivity contribution >= 4 is 11.8 Å². The lowest BCUT2D eigenvalue weighted by atomic mass is 9.60. The number of rotatable bonds is 7. The first-order chi connectivity index (χ1) is 19.0. The summed E-state index contributed by atoms with van der Waals surface area (Å²) in [6.45, 7) is 5.43. The molecule has 1 saturated carbocycles. The summed E-state index contributed by atoms with van der Waals surface area (Å²) in [4.78, 5) is 0. The van der Waals surface area contributed by atoms with Gasteiger partial charge in [0.1, 0.15) is 35.5 Å². The van der Waals surface area contributed by atoms with Crippen LogP contribution in [-0.4, -0.2) is 71.4 Å². The van der Waals surface area contributed by atoms with Crippen molar-refractivity contribution < 1.29 is 38.3 Å². The lowest BCUT2D eigenvalue weighted by Crippen LogP contribution is -2.58. The Morgan fingerprint density at radius 1 is 1.12 bits per heavy atom. The number of benzene rings is 2. The zero-order valence-electron chi connectivity index (χ0n) is 22.2. The molecule has 2 heterocycles. The highest BCUT2D eigenvalue weighted by atomic mass is 32.2. The molecule has 2 fully saturated rings. The highest BCUT2D eigenvalue weighted by molar-refractivity contribution is 8.00. The molecule has 216 valence electrons. The standard InChI is InChI=1S/C28H32F3N3O5S/c1-13-6-4-5-7-17(13)26(28(38)10-14(2)15(28)3)40-27-25(37)23(24(36)21(12-35)39-27)34-11-20(32-33-34)16-8-18(29)22(31)19(30)9-16/h4-9,11,14-15,21,23-27,35-38H,10,12H2,1-3H3/t14-,15-,21+,23-,24-,25+,26?,27-,28?/m0/s1. The van der Waals surface area contributed by atoms with Crippen molar-refractivity contribution in [1.82, 2.24) is 15.0 Å². The topological polar surface area (TPSA) is 121 Å². The number of aliphatic hydroxyl groups excluding tert-OH is 3. The molecule has 1 aliphatic heterocycles. The van der Waals surface area contributed by atoms with Crippen LogP contribution in [0.5, 0.6) is 0 Å². The first-order valence-corrected chi connectivity index (χ1v) is 14.0. The van der Waals surface area contributed by atoms with Gasteiger partial charge >= 0.3 is 0 Å². The summed E-state index contributed by atoms with van der Waals surface area (Å²) in [5.74, 6) is -4.14. The number of aryl methyl sites for hydroxylation is 1. The van der Waals surface area contributed by atoms with Crippen LogP contribution < -0.4 is 0 Å². The molecule has 0 bridgehead atoms. The van der Waals surface area contributed by atoms with Crippen LogP contribution in [0.25, 0.3) is 11.3 Å². The fourth-order valence-corrected chi connectivity index (χ4v) is 7.54. The zero-order chi connectivity index (χ0) is 28.9. The van der Waals surface area contributed by atoms with E-state index < -0.39 is 64.7 Å². The van der Waals surface area contributed by atoms with E-state index in [9.17, 15) is 33.6 Å². The van der Waals surface area contributed by atoms with Crippen LogP contribution in [0.15, 0.2) is 42.6 Å². The normalized spacial score (nSPS) is 33.0. The summed E-state index contributed by atoms with van der Waals surface area (Å²) in [6.07, 6.45) is -2.09. The molecule has 0 spiro atoms. The van der Waals surface area contributed by atoms with Crippen molar-refractivity contribution in [2.45, 2.75) is 67.8 Å². The number of aromatic nitrogens is 3. The van der Waals surface area contributed by atoms with Crippen molar-refractivity contribution in [3.8, 4) is 11.3 Å². The van der Waals surface area contributed by atoms with Gasteiger partial charge in [0.2, 0.25) is 0 Å². The van der Waals surface area contributed by atoms with Gasteiger partial charge in [-0.3, -0.25) is 0 Å². The quantitative estimate of drug-likeness (QED) is 0.314. The lowest BCUT2D eigenvalue weighted by Gasteiger charge is -2.54. The van der Waals surface area contributed by atoms with Crippen LogP contribution in [0.1, 0.15) is 42.7 Å². The van der Waals surface area contributed by atoms with E-state index in [1.54, 1.807) is 0 Å². The van der Waals surface area contributed by atoms with Crippen LogP contribution in [0.3, 0.4) is 0 Å². The summed E-state index contributed by atoms with van der Waals surface area (Å²) in [5.41, 5.74) is -0.347. The van der Waals surface area contributed by atoms with E-state index >= 15 is 0 Å². The molecule has 1 aromatic heterocycles. The van der Waals surface area contributed by atoms with Gasteiger partial charge in [0.05, 0.1) is 23.7 Å². The third-order valence-corrected chi connectivity index (χ3v) is 10.0. The van der Waals surface area contributed by atoms with Crippen molar-refractivity contribution in [3.63, 3.8) is 0 Å². The second-order valence-corrected chi connectivity index (χ2v) is 12.1. The number of nitrogens with zero attached hydrogens (tertiary/aromatic N) is 3. The van der Waals surface area contributed by atoms with Gasteiger partial charge < -0.3 is 25.2 Å². The SMILES string of the molecule is Cc1ccccc1C(S[C@@H]1O[C@H](CO)[C@H](O)[C@H](n2cc(-c3cc(F)c(F)c(F)c3)nn2)[C@H]1O)C1(O)C[C@H](C)[C@@H]1C. The Balaban J connectivity index is 1.48. The number of hydrogen-bond donors (Lipinski definition) is 4. The summed E-state index contributed by atoms with van der Waals surface area (Å²) >= 11 is 1.21. The molecular weight excluding hydrogens is 547 g/mol. The summed E-state index contributed by atoms with van der Waals surface area (Å²) < 4.78 is 48.2. The minimum absolute atomic E-state index is 0.0159. The Morgan fingerprint density at radius 3 is 2.40 bits per heavy atom. The molecular formula is C28H32F3N3O5S. The second kappa shape index (κ2) is 11.1. The molecule has 8 nitrogen and oxygen atoms in total. The molecule has 12 heteroatoms. The average Bonchev–Trinajstić information content (AvgIpc) is 3.41. The molecule has 0 radical (unpaired) electrons. The Labute approximate surface area is 233 Å². The highest BCUT2D eigenvalue weighted by Crippen LogP contribution is 2.57. The van der Waals surface area contributed by atoms with Crippen molar-refractivity contribution in [2.24, 2.45) is 11.8 Å². The number of thioether (sulfide) groups is 1. The summed E-state index contributed by atoms with van der Waals surface area (Å²) in [6, 6.07) is 8.03. The van der Waals surface area contributed by atoms with E-state index in [0.29, 0.717) is 12.3 Å². The van der Waals surface area contributed by atoms with E-state index in [0.717, 1.165) is 27.9 Å². The number of hydrogen-bond acceptors (Lipinski definition) is 8. The van der Waals surface area contributed by atoms with Crippen LogP contribution in [0, 0.1) is 36.2 Å². The van der Waals surface area contributed by atoms with E-state index in [-0.39, 0.29) is 17.2 Å². The van der Waals surface area contributed by atoms with E-state index in [1.165, 1.54) is 18.0 Å². The predicted molar refractivity (Wildman–Crippen MR) is 142 cm³/mol. The number of aliphatic hydroxyl groups is 4. The maximum Gasteiger partial charge on any atom is 0.194 e. The number of halogens is 3. The average molecular weight is 580 g/mol. The smallest absolute Gasteiger partial charge is 0.194 e. The molecule has 1 aliphatic carbocycles. The molecule has 5 rings (SSSR count). The molecule has 2 aliphatic rings. The first kappa shape index (κ1) is 29.0.